The van der Waals surface area contributed by atoms with Crippen LogP contribution in [0, 0.1) is 5.82 Å². The number of nitrogens with one attached hydrogen (secondary N) is 2. The maximum atomic E-state index is 13.4. The lowest BCUT2D eigenvalue weighted by Gasteiger charge is -2.10. The van der Waals surface area contributed by atoms with Crippen molar-refractivity contribution >= 4 is 17.6 Å². The van der Waals surface area contributed by atoms with Gasteiger partial charge in [0.05, 0.1) is 18.7 Å². The maximum absolute atomic E-state index is 13.4. The molecule has 0 spiro atoms. The molecule has 0 radical (unpaired) electrons. The van der Waals surface area contributed by atoms with Gasteiger partial charge < -0.3 is 15.4 Å². The second kappa shape index (κ2) is 9.09. The molecule has 0 bridgehead atoms. The normalized spacial score (nSPS) is 14.9. The van der Waals surface area contributed by atoms with Crippen molar-refractivity contribution in [1.29, 1.82) is 0 Å². The number of nitrogens with zero attached hydrogens (tertiary/aromatic N) is 2. The Labute approximate surface area is 179 Å². The topological polar surface area (TPSA) is 85.2 Å². The Morgan fingerprint density at radius 3 is 2.65 bits per heavy atom. The number of hydrogen-bond donors (Lipinski definition) is 2. The van der Waals surface area contributed by atoms with Crippen LogP contribution in [0.4, 0.5) is 10.2 Å². The summed E-state index contributed by atoms with van der Waals surface area (Å²) in [5.74, 6) is -0.384. The van der Waals surface area contributed by atoms with E-state index in [1.54, 1.807) is 19.2 Å². The highest BCUT2D eigenvalue weighted by molar-refractivity contribution is 6.03. The van der Waals surface area contributed by atoms with E-state index in [2.05, 4.69) is 15.7 Å². The Hall–Kier alpha value is -3.52. The first kappa shape index (κ1) is 20.7. The Balaban J connectivity index is 1.50. The molecule has 8 heteroatoms. The number of aromatic nitrogens is 2. The summed E-state index contributed by atoms with van der Waals surface area (Å²) in [6, 6.07) is 15.1. The van der Waals surface area contributed by atoms with E-state index >= 15 is 0 Å². The van der Waals surface area contributed by atoms with Gasteiger partial charge in [-0.25, -0.2) is 9.07 Å². The number of anilines is 1. The first-order valence-electron chi connectivity index (χ1n) is 10.0. The second-order valence-electron chi connectivity index (χ2n) is 7.35. The largest absolute Gasteiger partial charge is 0.378 e. The van der Waals surface area contributed by atoms with Gasteiger partial charge in [0.1, 0.15) is 17.7 Å². The number of amides is 2. The number of carbonyl (C=O) groups is 2. The minimum absolute atomic E-state index is 0.0232. The summed E-state index contributed by atoms with van der Waals surface area (Å²) in [5, 5.41) is 10.2. The number of hydrogen-bond acceptors (Lipinski definition) is 4. The van der Waals surface area contributed by atoms with Crippen LogP contribution in [0.15, 0.2) is 54.6 Å². The number of rotatable bonds is 8. The van der Waals surface area contributed by atoms with Gasteiger partial charge in [0.2, 0.25) is 5.91 Å². The van der Waals surface area contributed by atoms with Crippen molar-refractivity contribution in [2.75, 3.05) is 19.0 Å². The van der Waals surface area contributed by atoms with Crippen LogP contribution < -0.4 is 10.6 Å². The number of ether oxygens (including phenoxy) is 1. The van der Waals surface area contributed by atoms with E-state index in [4.69, 9.17) is 4.74 Å². The van der Waals surface area contributed by atoms with Crippen molar-refractivity contribution < 1.29 is 18.7 Å². The molecule has 2 aromatic carbocycles. The molecule has 3 aromatic rings. The van der Waals surface area contributed by atoms with Crippen molar-refractivity contribution in [3.63, 3.8) is 0 Å². The molecule has 7 nitrogen and oxygen atoms in total. The van der Waals surface area contributed by atoms with Crippen LogP contribution in [-0.4, -0.2) is 35.2 Å². The van der Waals surface area contributed by atoms with E-state index in [-0.39, 0.29) is 30.7 Å². The van der Waals surface area contributed by atoms with E-state index in [9.17, 15) is 14.0 Å². The highest BCUT2D eigenvalue weighted by Gasteiger charge is 2.36. The van der Waals surface area contributed by atoms with Crippen LogP contribution in [0.25, 0.3) is 11.1 Å². The van der Waals surface area contributed by atoms with Crippen molar-refractivity contribution in [2.45, 2.75) is 25.5 Å². The van der Waals surface area contributed by atoms with Crippen molar-refractivity contribution in [1.82, 2.24) is 15.1 Å². The molecule has 0 fully saturated rings. The summed E-state index contributed by atoms with van der Waals surface area (Å²) in [5.41, 5.74) is 3.12. The highest BCUT2D eigenvalue weighted by Crippen LogP contribution is 2.38. The Bertz CT molecular complexity index is 1080. The molecule has 1 atom stereocenters. The van der Waals surface area contributed by atoms with Gasteiger partial charge in [-0.3, -0.25) is 9.59 Å². The fraction of sp³-hybridized carbons (Fsp3) is 0.261. The van der Waals surface area contributed by atoms with Gasteiger partial charge in [-0.05, 0) is 29.7 Å². The van der Waals surface area contributed by atoms with Crippen LogP contribution in [0.1, 0.15) is 23.7 Å². The molecule has 2 N–H and O–H groups in total. The molecule has 0 saturated heterocycles. The summed E-state index contributed by atoms with van der Waals surface area (Å²) in [6.45, 7) is 0.706. The zero-order chi connectivity index (χ0) is 21.8. The average molecular weight is 422 g/mol. The third-order valence-electron chi connectivity index (χ3n) is 5.19. The molecule has 2 amide bonds. The van der Waals surface area contributed by atoms with Gasteiger partial charge in [0.25, 0.3) is 5.91 Å². The molecular formula is C23H23FN4O3. The fourth-order valence-electron chi connectivity index (χ4n) is 3.71. The molecule has 160 valence electrons. The van der Waals surface area contributed by atoms with E-state index in [1.807, 2.05) is 30.3 Å². The predicted octanol–water partition coefficient (Wildman–Crippen LogP) is 3.08. The quantitative estimate of drug-likeness (QED) is 0.584. The van der Waals surface area contributed by atoms with Crippen molar-refractivity contribution in [2.24, 2.45) is 0 Å². The van der Waals surface area contributed by atoms with E-state index in [0.29, 0.717) is 35.6 Å². The second-order valence-corrected chi connectivity index (χ2v) is 7.35. The monoisotopic (exact) mass is 422 g/mol. The number of benzene rings is 2. The van der Waals surface area contributed by atoms with E-state index < -0.39 is 6.04 Å². The Kier molecular flexibility index (Phi) is 6.08. The number of halogens is 1. The van der Waals surface area contributed by atoms with Gasteiger partial charge in [0, 0.05) is 19.2 Å². The van der Waals surface area contributed by atoms with Crippen LogP contribution in [-0.2, 0) is 27.4 Å². The molecule has 0 aliphatic carbocycles. The summed E-state index contributed by atoms with van der Waals surface area (Å²) < 4.78 is 20.2. The van der Waals surface area contributed by atoms with Gasteiger partial charge in [-0.15, -0.1) is 0 Å². The smallest absolute Gasteiger partial charge is 0.251 e. The van der Waals surface area contributed by atoms with Gasteiger partial charge in [0.15, 0.2) is 0 Å². The van der Waals surface area contributed by atoms with Crippen molar-refractivity contribution in [3.05, 3.63) is 71.7 Å². The minimum atomic E-state index is -0.753. The lowest BCUT2D eigenvalue weighted by molar-refractivity contribution is -0.126. The first-order valence-corrected chi connectivity index (χ1v) is 10.0. The zero-order valence-corrected chi connectivity index (χ0v) is 17.1. The molecule has 1 aliphatic rings. The van der Waals surface area contributed by atoms with Gasteiger partial charge in [-0.2, -0.15) is 5.10 Å². The number of carbonyl (C=O) groups excluding carboxylic acids is 2. The molecule has 1 aromatic heterocycles. The number of methoxy groups -OCH3 is 1. The molecule has 1 unspecified atom stereocenters. The SMILES string of the molecule is COCc1nn2c(c1-c1ccc(F)cc1)NC(=O)C2CC(=O)NCCc1ccccc1. The predicted molar refractivity (Wildman–Crippen MR) is 114 cm³/mol. The fourth-order valence-corrected chi connectivity index (χ4v) is 3.71. The summed E-state index contributed by atoms with van der Waals surface area (Å²) in [6.07, 6.45) is 0.688. The molecule has 0 saturated carbocycles. The molecule has 31 heavy (non-hydrogen) atoms. The van der Waals surface area contributed by atoms with Crippen LogP contribution >= 0.6 is 0 Å². The third-order valence-corrected chi connectivity index (χ3v) is 5.19. The molecule has 1 aliphatic heterocycles. The van der Waals surface area contributed by atoms with Crippen LogP contribution in [0.3, 0.4) is 0 Å². The zero-order valence-electron chi connectivity index (χ0n) is 17.1. The maximum Gasteiger partial charge on any atom is 0.251 e. The lowest BCUT2D eigenvalue weighted by atomic mass is 10.1. The van der Waals surface area contributed by atoms with E-state index in [1.165, 1.54) is 16.8 Å². The minimum Gasteiger partial charge on any atom is -0.378 e. The van der Waals surface area contributed by atoms with Crippen LogP contribution in [0.5, 0.6) is 0 Å². The molecule has 2 heterocycles. The van der Waals surface area contributed by atoms with Gasteiger partial charge in [-0.1, -0.05) is 42.5 Å². The summed E-state index contributed by atoms with van der Waals surface area (Å²) in [4.78, 5) is 25.1. The van der Waals surface area contributed by atoms with Gasteiger partial charge >= 0.3 is 0 Å². The standard InChI is InChI=1S/C23H23FN4O3/c1-31-14-18-21(16-7-9-17(24)10-8-16)22-26-23(30)19(28(22)27-18)13-20(29)25-12-11-15-5-3-2-4-6-15/h2-10,19H,11-14H2,1H3,(H,25,29)(H,26,30). The van der Waals surface area contributed by atoms with Crippen molar-refractivity contribution in [3.8, 4) is 11.1 Å². The first-order chi connectivity index (χ1) is 15.1. The van der Waals surface area contributed by atoms with Crippen LogP contribution in [0.2, 0.25) is 0 Å². The van der Waals surface area contributed by atoms with E-state index in [0.717, 1.165) is 5.56 Å². The summed E-state index contributed by atoms with van der Waals surface area (Å²) in [7, 11) is 1.55. The lowest BCUT2D eigenvalue weighted by Crippen LogP contribution is -2.30. The number of fused-ring (bicyclic) bond motifs is 1. The Morgan fingerprint density at radius 1 is 1.19 bits per heavy atom. The third kappa shape index (κ3) is 4.49. The average Bonchev–Trinajstić information content (AvgIpc) is 3.25. The molecule has 4 rings (SSSR count). The molecular weight excluding hydrogens is 399 g/mol. The summed E-state index contributed by atoms with van der Waals surface area (Å²) >= 11 is 0. The Morgan fingerprint density at radius 2 is 1.94 bits per heavy atom. The highest BCUT2D eigenvalue weighted by atomic mass is 19.1.